The summed E-state index contributed by atoms with van der Waals surface area (Å²) >= 11 is 0. The average molecular weight is 306 g/mol. The number of ether oxygens (including phenoxy) is 1. The third kappa shape index (κ3) is 3.23. The molecule has 1 heterocycles. The van der Waals surface area contributed by atoms with Gasteiger partial charge in [-0.05, 0) is 24.3 Å². The molecule has 1 aromatic rings. The highest BCUT2D eigenvalue weighted by molar-refractivity contribution is 7.91. The number of nitrogens with one attached hydrogen (secondary N) is 1. The van der Waals surface area contributed by atoms with Crippen molar-refractivity contribution in [3.8, 4) is 6.07 Å². The predicted molar refractivity (Wildman–Crippen MR) is 74.8 cm³/mol. The third-order valence-corrected chi connectivity index (χ3v) is 4.84. The summed E-state index contributed by atoms with van der Waals surface area (Å²) in [5, 5.41) is 11.4. The monoisotopic (exact) mass is 306 g/mol. The normalized spacial score (nSPS) is 14.5. The minimum absolute atomic E-state index is 0.00476. The lowest BCUT2D eigenvalue weighted by molar-refractivity contribution is 0.0930. The second-order valence-electron chi connectivity index (χ2n) is 4.40. The van der Waals surface area contributed by atoms with Crippen LogP contribution in [0.25, 0.3) is 0 Å². The quantitative estimate of drug-likeness (QED) is 0.906. The van der Waals surface area contributed by atoms with Crippen molar-refractivity contribution in [1.82, 2.24) is 5.32 Å². The van der Waals surface area contributed by atoms with E-state index < -0.39 is 15.7 Å². The second-order valence-corrected chi connectivity index (χ2v) is 6.68. The fraction of sp³-hybridized carbons (Fsp3) is 0.286. The minimum atomic E-state index is -3.28. The highest BCUT2D eigenvalue weighted by Gasteiger charge is 2.19. The summed E-state index contributed by atoms with van der Waals surface area (Å²) in [5.74, 6) is -0.266. The van der Waals surface area contributed by atoms with Crippen LogP contribution >= 0.6 is 0 Å². The van der Waals surface area contributed by atoms with Gasteiger partial charge >= 0.3 is 0 Å². The lowest BCUT2D eigenvalue weighted by Crippen LogP contribution is -2.23. The molecule has 0 atom stereocenters. The number of benzene rings is 1. The van der Waals surface area contributed by atoms with Gasteiger partial charge in [0.2, 0.25) is 5.88 Å². The standard InChI is InChI=1S/C14H14N2O4S/c1-2-21(18,19)12-5-3-10(4-6-12)13(17)16-14-11(9-15)7-8-20-14/h3-6H,2,7-8H2,1H3,(H,16,17). The summed E-state index contributed by atoms with van der Waals surface area (Å²) in [5.41, 5.74) is 0.693. The molecule has 0 saturated heterocycles. The number of hydrogen-bond acceptors (Lipinski definition) is 5. The zero-order valence-corrected chi connectivity index (χ0v) is 12.2. The van der Waals surface area contributed by atoms with E-state index in [1.54, 1.807) is 6.92 Å². The summed E-state index contributed by atoms with van der Waals surface area (Å²) in [4.78, 5) is 12.2. The Bertz CT molecular complexity index is 727. The van der Waals surface area contributed by atoms with E-state index in [-0.39, 0.29) is 16.5 Å². The maximum absolute atomic E-state index is 12.0. The number of nitriles is 1. The molecule has 1 aliphatic heterocycles. The van der Waals surface area contributed by atoms with Gasteiger partial charge < -0.3 is 4.74 Å². The van der Waals surface area contributed by atoms with Gasteiger partial charge in [0.15, 0.2) is 9.84 Å². The Hall–Kier alpha value is -2.33. The lowest BCUT2D eigenvalue weighted by Gasteiger charge is -2.07. The molecule has 110 valence electrons. The van der Waals surface area contributed by atoms with Gasteiger partial charge in [-0.2, -0.15) is 5.26 Å². The fourth-order valence-corrected chi connectivity index (χ4v) is 2.71. The summed E-state index contributed by atoms with van der Waals surface area (Å²) in [6.07, 6.45) is 0.472. The molecule has 0 bridgehead atoms. The van der Waals surface area contributed by atoms with Gasteiger partial charge in [-0.25, -0.2) is 8.42 Å². The Kier molecular flexibility index (Phi) is 4.29. The van der Waals surface area contributed by atoms with Crippen LogP contribution in [-0.2, 0) is 14.6 Å². The number of carbonyl (C=O) groups excluding carboxylic acids is 1. The van der Waals surface area contributed by atoms with E-state index in [2.05, 4.69) is 5.32 Å². The fourth-order valence-electron chi connectivity index (χ4n) is 1.83. The first-order chi connectivity index (χ1) is 9.97. The van der Waals surface area contributed by atoms with E-state index in [1.165, 1.54) is 24.3 Å². The first-order valence-electron chi connectivity index (χ1n) is 6.38. The molecule has 0 aliphatic carbocycles. The molecular formula is C14H14N2O4S. The number of nitrogens with zero attached hydrogens (tertiary/aromatic N) is 1. The van der Waals surface area contributed by atoms with Crippen LogP contribution in [0.5, 0.6) is 0 Å². The van der Waals surface area contributed by atoms with Crippen molar-refractivity contribution in [2.45, 2.75) is 18.2 Å². The number of rotatable bonds is 4. The number of carbonyl (C=O) groups is 1. The Morgan fingerprint density at radius 3 is 2.62 bits per heavy atom. The molecule has 2 rings (SSSR count). The van der Waals surface area contributed by atoms with Crippen LogP contribution in [0.3, 0.4) is 0 Å². The van der Waals surface area contributed by atoms with E-state index in [0.717, 1.165) is 0 Å². The van der Waals surface area contributed by atoms with Crippen molar-refractivity contribution in [1.29, 1.82) is 5.26 Å². The van der Waals surface area contributed by atoms with E-state index in [0.29, 0.717) is 24.2 Å². The van der Waals surface area contributed by atoms with Gasteiger partial charge in [0, 0.05) is 12.0 Å². The van der Waals surface area contributed by atoms with Crippen molar-refractivity contribution in [3.05, 3.63) is 41.3 Å². The van der Waals surface area contributed by atoms with Crippen molar-refractivity contribution in [2.24, 2.45) is 0 Å². The van der Waals surface area contributed by atoms with Gasteiger partial charge in [0.1, 0.15) is 6.07 Å². The molecule has 0 saturated carbocycles. The molecule has 6 nitrogen and oxygen atoms in total. The molecule has 0 fully saturated rings. The van der Waals surface area contributed by atoms with E-state index in [1.807, 2.05) is 6.07 Å². The Labute approximate surface area is 122 Å². The Morgan fingerprint density at radius 2 is 2.05 bits per heavy atom. The smallest absolute Gasteiger partial charge is 0.257 e. The number of amides is 1. The molecular weight excluding hydrogens is 292 g/mol. The zero-order valence-electron chi connectivity index (χ0n) is 11.4. The highest BCUT2D eigenvalue weighted by Crippen LogP contribution is 2.17. The van der Waals surface area contributed by atoms with Gasteiger partial charge in [0.05, 0.1) is 22.8 Å². The summed E-state index contributed by atoms with van der Waals surface area (Å²) in [7, 11) is -3.28. The highest BCUT2D eigenvalue weighted by atomic mass is 32.2. The Morgan fingerprint density at radius 1 is 1.38 bits per heavy atom. The maximum Gasteiger partial charge on any atom is 0.257 e. The van der Waals surface area contributed by atoms with Crippen LogP contribution in [0.1, 0.15) is 23.7 Å². The van der Waals surface area contributed by atoms with Gasteiger partial charge in [-0.15, -0.1) is 0 Å². The predicted octanol–water partition coefficient (Wildman–Crippen LogP) is 1.37. The van der Waals surface area contributed by atoms with Crippen molar-refractivity contribution in [2.75, 3.05) is 12.4 Å². The van der Waals surface area contributed by atoms with Crippen LogP contribution in [0.2, 0.25) is 0 Å². The summed E-state index contributed by atoms with van der Waals surface area (Å²) < 4.78 is 28.5. The molecule has 0 spiro atoms. The van der Waals surface area contributed by atoms with E-state index >= 15 is 0 Å². The zero-order chi connectivity index (χ0) is 15.5. The lowest BCUT2D eigenvalue weighted by atomic mass is 10.2. The van der Waals surface area contributed by atoms with Crippen molar-refractivity contribution in [3.63, 3.8) is 0 Å². The molecule has 0 aromatic heterocycles. The van der Waals surface area contributed by atoms with Gasteiger partial charge in [0.25, 0.3) is 5.91 Å². The molecule has 21 heavy (non-hydrogen) atoms. The van der Waals surface area contributed by atoms with Crippen LogP contribution in [0.15, 0.2) is 40.6 Å². The SMILES string of the molecule is CCS(=O)(=O)c1ccc(C(=O)NC2=C(C#N)CCO2)cc1. The topological polar surface area (TPSA) is 96.3 Å². The molecule has 1 amide bonds. The first kappa shape index (κ1) is 15.1. The van der Waals surface area contributed by atoms with Crippen LogP contribution in [0, 0.1) is 11.3 Å². The largest absolute Gasteiger partial charge is 0.478 e. The summed E-state index contributed by atoms with van der Waals surface area (Å²) in [6.45, 7) is 1.93. The minimum Gasteiger partial charge on any atom is -0.478 e. The number of sulfone groups is 1. The van der Waals surface area contributed by atoms with E-state index in [4.69, 9.17) is 10.00 Å². The molecule has 0 radical (unpaired) electrons. The molecule has 1 N–H and O–H groups in total. The summed E-state index contributed by atoms with van der Waals surface area (Å²) in [6, 6.07) is 7.61. The second kappa shape index (κ2) is 5.97. The molecule has 1 aliphatic rings. The van der Waals surface area contributed by atoms with Crippen LogP contribution in [0.4, 0.5) is 0 Å². The van der Waals surface area contributed by atoms with E-state index in [9.17, 15) is 13.2 Å². The first-order valence-corrected chi connectivity index (χ1v) is 8.03. The molecule has 0 unspecified atom stereocenters. The van der Waals surface area contributed by atoms with Crippen LogP contribution in [-0.4, -0.2) is 26.7 Å². The van der Waals surface area contributed by atoms with Crippen molar-refractivity contribution < 1.29 is 17.9 Å². The van der Waals surface area contributed by atoms with Crippen LogP contribution < -0.4 is 5.32 Å². The molecule has 7 heteroatoms. The average Bonchev–Trinajstić information content (AvgIpc) is 2.94. The Balaban J connectivity index is 2.17. The maximum atomic E-state index is 12.0. The van der Waals surface area contributed by atoms with Gasteiger partial charge in [-0.3, -0.25) is 10.1 Å². The van der Waals surface area contributed by atoms with Crippen molar-refractivity contribution >= 4 is 15.7 Å². The van der Waals surface area contributed by atoms with Gasteiger partial charge in [-0.1, -0.05) is 6.92 Å². The third-order valence-electron chi connectivity index (χ3n) is 3.09. The number of hydrogen-bond donors (Lipinski definition) is 1. The molecule has 1 aromatic carbocycles.